The highest BCUT2D eigenvalue weighted by Crippen LogP contribution is 2.29. The van der Waals surface area contributed by atoms with Gasteiger partial charge in [-0.1, -0.05) is 24.3 Å². The molecule has 1 N–H and O–H groups in total. The fraction of sp³-hybridized carbons (Fsp3) is 0.400. The van der Waals surface area contributed by atoms with Gasteiger partial charge in [-0.3, -0.25) is 4.98 Å². The molecule has 0 amide bonds. The molecule has 4 nitrogen and oxygen atoms in total. The van der Waals surface area contributed by atoms with Crippen LogP contribution in [0.1, 0.15) is 36.2 Å². The van der Waals surface area contributed by atoms with Crippen LogP contribution in [-0.2, 0) is 6.42 Å². The molecule has 2 heterocycles. The molecular formula is C20H24N2O2. The summed E-state index contributed by atoms with van der Waals surface area (Å²) in [6.45, 7) is 6.72. The number of carboxylic acids is 1. The quantitative estimate of drug-likeness (QED) is 0.911. The third kappa shape index (κ3) is 3.49. The predicted molar refractivity (Wildman–Crippen MR) is 95.2 cm³/mol. The van der Waals surface area contributed by atoms with Crippen molar-refractivity contribution in [3.05, 3.63) is 53.7 Å². The lowest BCUT2D eigenvalue weighted by Crippen LogP contribution is -2.28. The summed E-state index contributed by atoms with van der Waals surface area (Å²) in [5.41, 5.74) is 2.97. The lowest BCUT2D eigenvalue weighted by Gasteiger charge is -2.20. The van der Waals surface area contributed by atoms with E-state index in [-0.39, 0.29) is 0 Å². The number of carbonyl (C=O) groups is 1. The van der Waals surface area contributed by atoms with Crippen molar-refractivity contribution in [3.63, 3.8) is 0 Å². The second-order valence-corrected chi connectivity index (χ2v) is 6.81. The highest BCUT2D eigenvalue weighted by Gasteiger charge is 2.25. The van der Waals surface area contributed by atoms with E-state index < -0.39 is 5.97 Å². The average Bonchev–Trinajstić information content (AvgIpc) is 3.04. The minimum absolute atomic E-state index is 0.313. The molecule has 0 saturated carbocycles. The normalized spacial score (nSPS) is 18.2. The monoisotopic (exact) mass is 324 g/mol. The van der Waals surface area contributed by atoms with Crippen LogP contribution in [0.5, 0.6) is 0 Å². The molecule has 0 aliphatic carbocycles. The molecule has 0 bridgehead atoms. The summed E-state index contributed by atoms with van der Waals surface area (Å²) in [5.74, 6) is -0.304. The molecule has 1 aliphatic heterocycles. The van der Waals surface area contributed by atoms with Crippen molar-refractivity contribution in [2.45, 2.75) is 32.7 Å². The first-order chi connectivity index (χ1) is 11.6. The van der Waals surface area contributed by atoms with Crippen LogP contribution >= 0.6 is 0 Å². The van der Waals surface area contributed by atoms with Crippen molar-refractivity contribution in [2.75, 3.05) is 13.1 Å². The maximum atomic E-state index is 11.5. The van der Waals surface area contributed by atoms with Crippen LogP contribution in [-0.4, -0.2) is 40.1 Å². The Kier molecular flexibility index (Phi) is 4.95. The van der Waals surface area contributed by atoms with Gasteiger partial charge in [0.15, 0.2) is 0 Å². The van der Waals surface area contributed by atoms with E-state index in [4.69, 9.17) is 0 Å². The van der Waals surface area contributed by atoms with E-state index in [1.807, 2.05) is 18.2 Å². The molecule has 1 aliphatic rings. The summed E-state index contributed by atoms with van der Waals surface area (Å²) >= 11 is 0. The molecule has 1 saturated heterocycles. The molecule has 0 radical (unpaired) electrons. The van der Waals surface area contributed by atoms with Crippen LogP contribution in [0.25, 0.3) is 11.3 Å². The Morgan fingerprint density at radius 3 is 2.79 bits per heavy atom. The van der Waals surface area contributed by atoms with Crippen molar-refractivity contribution < 1.29 is 9.90 Å². The van der Waals surface area contributed by atoms with Crippen LogP contribution in [0, 0.1) is 5.92 Å². The standard InChI is InChI=1S/C20H24N2O2/c1-14(2)22-11-9-15(13-22)12-16-6-5-10-21-19(16)17-7-3-4-8-18(17)20(23)24/h3-8,10,14-15H,9,11-13H2,1-2H3,(H,23,24)/t15-/m1/s1. The van der Waals surface area contributed by atoms with Crippen LogP contribution in [0.4, 0.5) is 0 Å². The first-order valence-corrected chi connectivity index (χ1v) is 8.57. The smallest absolute Gasteiger partial charge is 0.336 e. The number of carboxylic acid groups (broad SMARTS) is 1. The Balaban J connectivity index is 1.89. The molecule has 3 rings (SSSR count). The zero-order valence-electron chi connectivity index (χ0n) is 14.3. The summed E-state index contributed by atoms with van der Waals surface area (Å²) in [4.78, 5) is 18.6. The highest BCUT2D eigenvalue weighted by atomic mass is 16.4. The van der Waals surface area contributed by atoms with E-state index in [0.29, 0.717) is 23.1 Å². The molecule has 1 aromatic carbocycles. The molecular weight excluding hydrogens is 300 g/mol. The van der Waals surface area contributed by atoms with Crippen LogP contribution in [0.3, 0.4) is 0 Å². The lowest BCUT2D eigenvalue weighted by molar-refractivity contribution is 0.0697. The number of aromatic carboxylic acids is 1. The van der Waals surface area contributed by atoms with E-state index in [1.54, 1.807) is 18.3 Å². The minimum Gasteiger partial charge on any atom is -0.478 e. The van der Waals surface area contributed by atoms with Gasteiger partial charge in [0.25, 0.3) is 0 Å². The number of pyridine rings is 1. The summed E-state index contributed by atoms with van der Waals surface area (Å²) in [5, 5.41) is 9.46. The maximum Gasteiger partial charge on any atom is 0.336 e. The van der Waals surface area contributed by atoms with E-state index in [1.165, 1.54) is 6.42 Å². The Morgan fingerprint density at radius 1 is 1.29 bits per heavy atom. The van der Waals surface area contributed by atoms with Crippen molar-refractivity contribution in [1.29, 1.82) is 0 Å². The van der Waals surface area contributed by atoms with Gasteiger partial charge in [-0.05, 0) is 56.8 Å². The van der Waals surface area contributed by atoms with Gasteiger partial charge in [-0.15, -0.1) is 0 Å². The van der Waals surface area contributed by atoms with Crippen LogP contribution < -0.4 is 0 Å². The summed E-state index contributed by atoms with van der Waals surface area (Å²) < 4.78 is 0. The summed E-state index contributed by atoms with van der Waals surface area (Å²) in [6.07, 6.45) is 3.87. The van der Waals surface area contributed by atoms with Crippen LogP contribution in [0.15, 0.2) is 42.6 Å². The zero-order chi connectivity index (χ0) is 17.1. The average molecular weight is 324 g/mol. The molecule has 1 atom stereocenters. The summed E-state index contributed by atoms with van der Waals surface area (Å²) in [6, 6.07) is 11.7. The Labute approximate surface area is 143 Å². The van der Waals surface area contributed by atoms with E-state index in [0.717, 1.165) is 30.8 Å². The molecule has 1 aromatic heterocycles. The number of benzene rings is 1. The van der Waals surface area contributed by atoms with E-state index in [2.05, 4.69) is 29.8 Å². The Morgan fingerprint density at radius 2 is 2.08 bits per heavy atom. The lowest BCUT2D eigenvalue weighted by atomic mass is 9.93. The van der Waals surface area contributed by atoms with Gasteiger partial charge in [0.1, 0.15) is 0 Å². The van der Waals surface area contributed by atoms with Gasteiger partial charge in [0.05, 0.1) is 11.3 Å². The second kappa shape index (κ2) is 7.14. The van der Waals surface area contributed by atoms with E-state index in [9.17, 15) is 9.90 Å². The van der Waals surface area contributed by atoms with Gasteiger partial charge < -0.3 is 10.0 Å². The Hall–Kier alpha value is -2.20. The number of hydrogen-bond acceptors (Lipinski definition) is 3. The van der Waals surface area contributed by atoms with Gasteiger partial charge in [-0.2, -0.15) is 0 Å². The van der Waals surface area contributed by atoms with Crippen LogP contribution in [0.2, 0.25) is 0 Å². The number of hydrogen-bond donors (Lipinski definition) is 1. The first kappa shape index (κ1) is 16.7. The molecule has 126 valence electrons. The maximum absolute atomic E-state index is 11.5. The molecule has 1 fully saturated rings. The topological polar surface area (TPSA) is 53.4 Å². The number of aromatic nitrogens is 1. The molecule has 4 heteroatoms. The van der Waals surface area contributed by atoms with Gasteiger partial charge in [0.2, 0.25) is 0 Å². The van der Waals surface area contributed by atoms with Crippen molar-refractivity contribution in [3.8, 4) is 11.3 Å². The predicted octanol–water partition coefficient (Wildman–Crippen LogP) is 3.72. The number of nitrogens with zero attached hydrogens (tertiary/aromatic N) is 2. The third-order valence-electron chi connectivity index (χ3n) is 4.86. The molecule has 24 heavy (non-hydrogen) atoms. The zero-order valence-corrected chi connectivity index (χ0v) is 14.3. The second-order valence-electron chi connectivity index (χ2n) is 6.81. The van der Waals surface area contributed by atoms with E-state index >= 15 is 0 Å². The highest BCUT2D eigenvalue weighted by molar-refractivity contribution is 5.95. The van der Waals surface area contributed by atoms with Gasteiger partial charge in [-0.25, -0.2) is 4.79 Å². The first-order valence-electron chi connectivity index (χ1n) is 8.57. The number of likely N-dealkylation sites (tertiary alicyclic amines) is 1. The molecule has 0 spiro atoms. The summed E-state index contributed by atoms with van der Waals surface area (Å²) in [7, 11) is 0. The van der Waals surface area contributed by atoms with Crippen molar-refractivity contribution in [2.24, 2.45) is 5.92 Å². The molecule has 0 unspecified atom stereocenters. The number of rotatable bonds is 5. The Bertz CT molecular complexity index is 727. The van der Waals surface area contributed by atoms with Gasteiger partial charge in [0, 0.05) is 24.3 Å². The molecule has 2 aromatic rings. The van der Waals surface area contributed by atoms with Crippen molar-refractivity contribution in [1.82, 2.24) is 9.88 Å². The fourth-order valence-electron chi connectivity index (χ4n) is 3.53. The minimum atomic E-state index is -0.908. The van der Waals surface area contributed by atoms with Crippen molar-refractivity contribution >= 4 is 5.97 Å². The SMILES string of the molecule is CC(C)N1CC[C@H](Cc2cccnc2-c2ccccc2C(=O)O)C1. The fourth-order valence-corrected chi connectivity index (χ4v) is 3.53. The largest absolute Gasteiger partial charge is 0.478 e. The third-order valence-corrected chi connectivity index (χ3v) is 4.86. The van der Waals surface area contributed by atoms with Gasteiger partial charge >= 0.3 is 5.97 Å².